The smallest absolute Gasteiger partial charge is 0.309 e. The fraction of sp³-hybridized carbons (Fsp3) is 0.150. The van der Waals surface area contributed by atoms with E-state index in [0.717, 1.165) is 21.9 Å². The molecule has 3 aromatic heterocycles. The lowest BCUT2D eigenvalue weighted by Gasteiger charge is -2.23. The summed E-state index contributed by atoms with van der Waals surface area (Å²) >= 11 is 1.08. The number of hydrogen-bond acceptors (Lipinski definition) is 6. The molecule has 0 atom stereocenters. The molecule has 7 nitrogen and oxygen atoms in total. The van der Waals surface area contributed by atoms with Gasteiger partial charge in [-0.2, -0.15) is 13.2 Å². The highest BCUT2D eigenvalue weighted by Crippen LogP contribution is 2.35. The van der Waals surface area contributed by atoms with Gasteiger partial charge in [0.1, 0.15) is 17.9 Å². The number of hydroxylamine groups is 1. The maximum absolute atomic E-state index is 13.3. The first-order valence-electron chi connectivity index (χ1n) is 9.05. The third-order valence-electron chi connectivity index (χ3n) is 4.55. The first kappa shape index (κ1) is 20.8. The van der Waals surface area contributed by atoms with Crippen LogP contribution in [0, 0.1) is 6.92 Å². The van der Waals surface area contributed by atoms with Crippen molar-refractivity contribution in [3.63, 3.8) is 0 Å². The van der Waals surface area contributed by atoms with Crippen molar-refractivity contribution in [1.82, 2.24) is 19.8 Å². The lowest BCUT2D eigenvalue weighted by atomic mass is 10.2. The molecule has 0 aliphatic carbocycles. The first-order valence-corrected chi connectivity index (χ1v) is 9.93. The molecule has 11 heteroatoms. The highest BCUT2D eigenvalue weighted by molar-refractivity contribution is 7.14. The van der Waals surface area contributed by atoms with Gasteiger partial charge in [-0.3, -0.25) is 14.4 Å². The van der Waals surface area contributed by atoms with Crippen LogP contribution in [0.2, 0.25) is 0 Å². The summed E-state index contributed by atoms with van der Waals surface area (Å²) in [6.45, 7) is 0.567. The number of anilines is 2. The van der Waals surface area contributed by atoms with Crippen molar-refractivity contribution in [2.75, 3.05) is 11.4 Å². The monoisotopic (exact) mass is 447 g/mol. The summed E-state index contributed by atoms with van der Waals surface area (Å²) in [4.78, 5) is 21.5. The van der Waals surface area contributed by atoms with Gasteiger partial charge in [0.2, 0.25) is 0 Å². The third kappa shape index (κ3) is 4.23. The van der Waals surface area contributed by atoms with Crippen molar-refractivity contribution < 1.29 is 23.2 Å². The number of imidazole rings is 1. The van der Waals surface area contributed by atoms with Crippen LogP contribution in [0.3, 0.4) is 0 Å². The number of nitrogens with one attached hydrogen (secondary N) is 1. The average molecular weight is 447 g/mol. The van der Waals surface area contributed by atoms with Gasteiger partial charge in [-0.05, 0) is 43.3 Å². The Bertz CT molecular complexity index is 1230. The minimum Gasteiger partial charge on any atom is -0.309 e. The van der Waals surface area contributed by atoms with Gasteiger partial charge >= 0.3 is 6.18 Å². The molecule has 0 aliphatic rings. The number of nitrogens with zero attached hydrogens (tertiary/aromatic N) is 4. The average Bonchev–Trinajstić information content (AvgIpc) is 3.34. The fourth-order valence-corrected chi connectivity index (χ4v) is 4.05. The summed E-state index contributed by atoms with van der Waals surface area (Å²) in [6.07, 6.45) is -2.66. The summed E-state index contributed by atoms with van der Waals surface area (Å²) in [6, 6.07) is 10.9. The molecule has 1 amide bonds. The quantitative estimate of drug-likeness (QED) is 0.346. The number of halogens is 3. The maximum Gasteiger partial charge on any atom is 0.406 e. The number of thiazole rings is 1. The second-order valence-electron chi connectivity index (χ2n) is 6.68. The zero-order valence-electron chi connectivity index (χ0n) is 16.1. The molecule has 0 aliphatic heterocycles. The molecule has 3 heterocycles. The van der Waals surface area contributed by atoms with E-state index in [9.17, 15) is 18.0 Å². The fourth-order valence-electron chi connectivity index (χ4n) is 3.23. The second-order valence-corrected chi connectivity index (χ2v) is 7.52. The minimum absolute atomic E-state index is 0.111. The topological polar surface area (TPSA) is 82.8 Å². The van der Waals surface area contributed by atoms with Gasteiger partial charge in [0.15, 0.2) is 5.13 Å². The Hall–Kier alpha value is -3.44. The number of alkyl halides is 3. The molecule has 0 spiro atoms. The van der Waals surface area contributed by atoms with E-state index in [2.05, 4.69) is 9.97 Å². The molecule has 31 heavy (non-hydrogen) atoms. The molecule has 160 valence electrons. The zero-order valence-corrected chi connectivity index (χ0v) is 16.9. The molecule has 1 aromatic carbocycles. The summed E-state index contributed by atoms with van der Waals surface area (Å²) in [5, 5.41) is 10.6. The number of hydrogen-bond donors (Lipinski definition) is 2. The van der Waals surface area contributed by atoms with E-state index in [1.165, 1.54) is 29.7 Å². The number of rotatable bonds is 5. The van der Waals surface area contributed by atoms with E-state index in [1.807, 2.05) is 35.7 Å². The predicted octanol–water partition coefficient (Wildman–Crippen LogP) is 4.59. The number of carbonyl (C=O) groups is 1. The number of pyridine rings is 1. The standard InChI is InChI=1S/C20H16F3N5O2S/c1-12-17(27-9-3-2-4-16(27)24-12)15-10-31-19(25-15)28(11-20(21,22)23)14-7-5-13(6-8-14)18(29)26-30/h2-10,30H,11H2,1H3,(H,26,29). The minimum atomic E-state index is -4.48. The SMILES string of the molecule is Cc1nc2ccccn2c1-c1csc(N(CC(F)(F)F)c2ccc(C(=O)NO)cc2)n1. The number of amides is 1. The van der Waals surface area contributed by atoms with Crippen LogP contribution >= 0.6 is 11.3 Å². The van der Waals surface area contributed by atoms with Crippen molar-refractivity contribution in [2.24, 2.45) is 0 Å². The van der Waals surface area contributed by atoms with Crippen LogP contribution in [0.15, 0.2) is 54.0 Å². The number of aromatic nitrogens is 3. The number of fused-ring (bicyclic) bond motifs is 1. The highest BCUT2D eigenvalue weighted by atomic mass is 32.1. The van der Waals surface area contributed by atoms with Crippen LogP contribution in [0.4, 0.5) is 24.0 Å². The van der Waals surface area contributed by atoms with E-state index in [1.54, 1.807) is 5.38 Å². The lowest BCUT2D eigenvalue weighted by molar-refractivity contribution is -0.118. The molecule has 0 saturated heterocycles. The summed E-state index contributed by atoms with van der Waals surface area (Å²) in [7, 11) is 0. The third-order valence-corrected chi connectivity index (χ3v) is 5.41. The van der Waals surface area contributed by atoms with Crippen molar-refractivity contribution in [2.45, 2.75) is 13.1 Å². The largest absolute Gasteiger partial charge is 0.406 e. The van der Waals surface area contributed by atoms with Crippen LogP contribution in [-0.2, 0) is 0 Å². The van der Waals surface area contributed by atoms with Gasteiger partial charge in [0, 0.05) is 22.8 Å². The zero-order chi connectivity index (χ0) is 22.2. The Labute approximate surface area is 178 Å². The van der Waals surface area contributed by atoms with Gasteiger partial charge < -0.3 is 4.90 Å². The Morgan fingerprint density at radius 2 is 1.94 bits per heavy atom. The van der Waals surface area contributed by atoms with Gasteiger partial charge in [-0.25, -0.2) is 15.4 Å². The van der Waals surface area contributed by atoms with E-state index >= 15 is 0 Å². The molecule has 0 saturated carbocycles. The molecule has 4 aromatic rings. The Morgan fingerprint density at radius 3 is 2.61 bits per heavy atom. The molecular weight excluding hydrogens is 431 g/mol. The van der Waals surface area contributed by atoms with Crippen LogP contribution in [0.25, 0.3) is 17.0 Å². The molecule has 0 radical (unpaired) electrons. The highest BCUT2D eigenvalue weighted by Gasteiger charge is 2.33. The Morgan fingerprint density at radius 1 is 1.19 bits per heavy atom. The maximum atomic E-state index is 13.3. The number of carbonyl (C=O) groups excluding carboxylic acids is 1. The molecular formula is C20H16F3N5O2S. The second kappa shape index (κ2) is 8.00. The van der Waals surface area contributed by atoms with Crippen molar-refractivity contribution in [3.8, 4) is 11.4 Å². The predicted molar refractivity (Wildman–Crippen MR) is 110 cm³/mol. The molecule has 4 rings (SSSR count). The molecule has 0 fully saturated rings. The molecule has 0 bridgehead atoms. The van der Waals surface area contributed by atoms with Gasteiger partial charge in [0.05, 0.1) is 11.4 Å². The lowest BCUT2D eigenvalue weighted by Crippen LogP contribution is -2.30. The first-order chi connectivity index (χ1) is 14.8. The van der Waals surface area contributed by atoms with Crippen LogP contribution < -0.4 is 10.4 Å². The summed E-state index contributed by atoms with van der Waals surface area (Å²) in [5.74, 6) is -0.756. The van der Waals surface area contributed by atoms with Gasteiger partial charge in [-0.1, -0.05) is 6.07 Å². The van der Waals surface area contributed by atoms with Crippen molar-refractivity contribution in [3.05, 3.63) is 65.3 Å². The Kier molecular flexibility index (Phi) is 5.38. The van der Waals surface area contributed by atoms with E-state index in [0.29, 0.717) is 17.1 Å². The molecule has 2 N–H and O–H groups in total. The van der Waals surface area contributed by atoms with Gasteiger partial charge in [0.25, 0.3) is 5.91 Å². The van der Waals surface area contributed by atoms with Crippen LogP contribution in [0.1, 0.15) is 16.1 Å². The number of aryl methyl sites for hydroxylation is 1. The Balaban J connectivity index is 1.74. The van der Waals surface area contributed by atoms with E-state index in [4.69, 9.17) is 5.21 Å². The summed E-state index contributed by atoms with van der Waals surface area (Å²) < 4.78 is 41.8. The van der Waals surface area contributed by atoms with Crippen LogP contribution in [-0.4, -0.2) is 38.2 Å². The normalized spacial score (nSPS) is 11.6. The van der Waals surface area contributed by atoms with Crippen LogP contribution in [0.5, 0.6) is 0 Å². The van der Waals surface area contributed by atoms with Crippen molar-refractivity contribution in [1.29, 1.82) is 0 Å². The van der Waals surface area contributed by atoms with E-state index in [-0.39, 0.29) is 16.4 Å². The molecule has 0 unspecified atom stereocenters. The number of benzene rings is 1. The van der Waals surface area contributed by atoms with Crippen molar-refractivity contribution >= 4 is 33.7 Å². The van der Waals surface area contributed by atoms with Gasteiger partial charge in [-0.15, -0.1) is 11.3 Å². The van der Waals surface area contributed by atoms with E-state index < -0.39 is 18.6 Å². The summed E-state index contributed by atoms with van der Waals surface area (Å²) in [5.41, 5.74) is 4.46.